The van der Waals surface area contributed by atoms with Crippen LogP contribution >= 0.6 is 0 Å². The van der Waals surface area contributed by atoms with Gasteiger partial charge in [-0.15, -0.1) is 0 Å². The number of likely N-dealkylation sites (tertiary alicyclic amines) is 1. The lowest BCUT2D eigenvalue weighted by Gasteiger charge is -2.33. The standard InChI is InChI=1S/C17H27NO4/c1-17(2,3)22-16(20)18-10-8-14(9-11-18)21-15(19)12-13-6-4-5-7-13/h4,6,13-14H,5,7-12H2,1-3H3/t13-/m1/s1. The Morgan fingerprint density at radius 2 is 1.86 bits per heavy atom. The van der Waals surface area contributed by atoms with Crippen molar-refractivity contribution >= 4 is 12.1 Å². The molecule has 5 heteroatoms. The Morgan fingerprint density at radius 1 is 1.18 bits per heavy atom. The first-order chi connectivity index (χ1) is 10.3. The molecule has 5 nitrogen and oxygen atoms in total. The SMILES string of the molecule is CC(C)(C)OC(=O)N1CCC(OC(=O)C[C@@H]2C=CCC2)CC1. The van der Waals surface area contributed by atoms with Crippen LogP contribution in [0.2, 0.25) is 0 Å². The van der Waals surface area contributed by atoms with E-state index in [1.165, 1.54) is 0 Å². The van der Waals surface area contributed by atoms with Gasteiger partial charge in [0.1, 0.15) is 11.7 Å². The molecular weight excluding hydrogens is 282 g/mol. The summed E-state index contributed by atoms with van der Waals surface area (Å²) in [6, 6.07) is 0. The number of hydrogen-bond donors (Lipinski definition) is 0. The molecule has 0 spiro atoms. The summed E-state index contributed by atoms with van der Waals surface area (Å²) in [5.74, 6) is 0.224. The maximum Gasteiger partial charge on any atom is 0.410 e. The van der Waals surface area contributed by atoms with Crippen LogP contribution in [0, 0.1) is 5.92 Å². The Hall–Kier alpha value is -1.52. The largest absolute Gasteiger partial charge is 0.462 e. The highest BCUT2D eigenvalue weighted by Crippen LogP contribution is 2.22. The molecule has 0 aromatic rings. The van der Waals surface area contributed by atoms with Crippen LogP contribution < -0.4 is 0 Å². The van der Waals surface area contributed by atoms with Crippen LogP contribution in [0.15, 0.2) is 12.2 Å². The number of carbonyl (C=O) groups is 2. The van der Waals surface area contributed by atoms with E-state index >= 15 is 0 Å². The van der Waals surface area contributed by atoms with E-state index in [-0.39, 0.29) is 18.2 Å². The highest BCUT2D eigenvalue weighted by atomic mass is 16.6. The topological polar surface area (TPSA) is 55.8 Å². The lowest BCUT2D eigenvalue weighted by Crippen LogP contribution is -2.43. The minimum atomic E-state index is -0.477. The number of carbonyl (C=O) groups excluding carboxylic acids is 2. The van der Waals surface area contributed by atoms with Gasteiger partial charge in [-0.3, -0.25) is 4.79 Å². The van der Waals surface area contributed by atoms with Crippen LogP contribution in [-0.4, -0.2) is 41.8 Å². The van der Waals surface area contributed by atoms with Crippen molar-refractivity contribution < 1.29 is 19.1 Å². The highest BCUT2D eigenvalue weighted by molar-refractivity contribution is 5.70. The maximum absolute atomic E-state index is 12.0. The van der Waals surface area contributed by atoms with Gasteiger partial charge in [0.05, 0.1) is 6.42 Å². The molecule has 0 aromatic heterocycles. The normalized spacial score (nSPS) is 22.7. The third-order valence-corrected chi connectivity index (χ3v) is 3.93. The Morgan fingerprint density at radius 3 is 2.41 bits per heavy atom. The highest BCUT2D eigenvalue weighted by Gasteiger charge is 2.28. The Kier molecular flexibility index (Phi) is 5.48. The van der Waals surface area contributed by atoms with Crippen molar-refractivity contribution in [3.05, 3.63) is 12.2 Å². The number of hydrogen-bond acceptors (Lipinski definition) is 4. The van der Waals surface area contributed by atoms with Gasteiger partial charge < -0.3 is 14.4 Å². The van der Waals surface area contributed by atoms with Crippen molar-refractivity contribution in [2.75, 3.05) is 13.1 Å². The van der Waals surface area contributed by atoms with E-state index < -0.39 is 5.60 Å². The van der Waals surface area contributed by atoms with Gasteiger partial charge in [0.15, 0.2) is 0 Å². The second-order valence-corrected chi connectivity index (χ2v) is 7.13. The third-order valence-electron chi connectivity index (χ3n) is 3.93. The fourth-order valence-corrected chi connectivity index (χ4v) is 2.80. The van der Waals surface area contributed by atoms with Gasteiger partial charge in [0, 0.05) is 25.9 Å². The fraction of sp³-hybridized carbons (Fsp3) is 0.765. The number of esters is 1. The molecule has 0 N–H and O–H groups in total. The second kappa shape index (κ2) is 7.16. The van der Waals surface area contributed by atoms with E-state index in [1.807, 2.05) is 20.8 Å². The zero-order chi connectivity index (χ0) is 16.2. The first kappa shape index (κ1) is 16.8. The van der Waals surface area contributed by atoms with Crippen molar-refractivity contribution in [3.63, 3.8) is 0 Å². The average Bonchev–Trinajstić information content (AvgIpc) is 2.90. The van der Waals surface area contributed by atoms with Crippen molar-refractivity contribution in [1.82, 2.24) is 4.90 Å². The summed E-state index contributed by atoms with van der Waals surface area (Å²) < 4.78 is 10.9. The van der Waals surface area contributed by atoms with Crippen LogP contribution in [0.1, 0.15) is 52.9 Å². The zero-order valence-electron chi connectivity index (χ0n) is 13.8. The molecule has 0 unspecified atom stereocenters. The van der Waals surface area contributed by atoms with Crippen LogP contribution in [-0.2, 0) is 14.3 Å². The van der Waals surface area contributed by atoms with Crippen molar-refractivity contribution in [3.8, 4) is 0 Å². The summed E-state index contributed by atoms with van der Waals surface area (Å²) in [7, 11) is 0. The number of piperidine rings is 1. The molecule has 0 aromatic carbocycles. The molecule has 1 heterocycles. The molecule has 2 aliphatic rings. The van der Waals surface area contributed by atoms with Gasteiger partial charge in [-0.05, 0) is 39.5 Å². The smallest absolute Gasteiger partial charge is 0.410 e. The summed E-state index contributed by atoms with van der Waals surface area (Å²) in [5, 5.41) is 0. The van der Waals surface area contributed by atoms with E-state index in [0.29, 0.717) is 38.3 Å². The third kappa shape index (κ3) is 5.35. The predicted molar refractivity (Wildman–Crippen MR) is 83.4 cm³/mol. The quantitative estimate of drug-likeness (QED) is 0.593. The van der Waals surface area contributed by atoms with E-state index in [9.17, 15) is 9.59 Å². The minimum absolute atomic E-state index is 0.0726. The Bertz CT molecular complexity index is 430. The first-order valence-corrected chi connectivity index (χ1v) is 8.17. The summed E-state index contributed by atoms with van der Waals surface area (Å²) in [6.07, 6.45) is 7.83. The molecular formula is C17H27NO4. The van der Waals surface area contributed by atoms with Crippen molar-refractivity contribution in [1.29, 1.82) is 0 Å². The lowest BCUT2D eigenvalue weighted by molar-refractivity contribution is -0.151. The molecule has 1 atom stereocenters. The Balaban J connectivity index is 1.69. The molecule has 124 valence electrons. The molecule has 1 aliphatic heterocycles. The molecule has 0 saturated carbocycles. The van der Waals surface area contributed by atoms with Crippen LogP contribution in [0.4, 0.5) is 4.79 Å². The number of allylic oxidation sites excluding steroid dienone is 2. The summed E-state index contributed by atoms with van der Waals surface area (Å²) in [6.45, 7) is 6.73. The van der Waals surface area contributed by atoms with Gasteiger partial charge in [0.25, 0.3) is 0 Å². The van der Waals surface area contributed by atoms with E-state index in [4.69, 9.17) is 9.47 Å². The molecule has 0 bridgehead atoms. The molecule has 2 rings (SSSR count). The van der Waals surface area contributed by atoms with Gasteiger partial charge in [0.2, 0.25) is 0 Å². The van der Waals surface area contributed by atoms with Gasteiger partial charge >= 0.3 is 12.1 Å². The fourth-order valence-electron chi connectivity index (χ4n) is 2.80. The number of ether oxygens (including phenoxy) is 2. The number of amides is 1. The second-order valence-electron chi connectivity index (χ2n) is 7.13. The molecule has 1 amide bonds. The first-order valence-electron chi connectivity index (χ1n) is 8.17. The molecule has 1 saturated heterocycles. The van der Waals surface area contributed by atoms with E-state index in [0.717, 1.165) is 12.8 Å². The van der Waals surface area contributed by atoms with Crippen LogP contribution in [0.5, 0.6) is 0 Å². The van der Waals surface area contributed by atoms with E-state index in [1.54, 1.807) is 4.90 Å². The predicted octanol–water partition coefficient (Wildman–Crippen LogP) is 3.29. The van der Waals surface area contributed by atoms with E-state index in [2.05, 4.69) is 12.2 Å². The molecule has 0 radical (unpaired) electrons. The van der Waals surface area contributed by atoms with Crippen molar-refractivity contribution in [2.24, 2.45) is 5.92 Å². The molecule has 1 aliphatic carbocycles. The molecule has 22 heavy (non-hydrogen) atoms. The summed E-state index contributed by atoms with van der Waals surface area (Å²) in [5.41, 5.74) is -0.477. The van der Waals surface area contributed by atoms with Crippen molar-refractivity contribution in [2.45, 2.75) is 64.6 Å². The maximum atomic E-state index is 12.0. The number of rotatable bonds is 3. The number of nitrogens with zero attached hydrogens (tertiary/aromatic N) is 1. The average molecular weight is 309 g/mol. The van der Waals surface area contributed by atoms with Gasteiger partial charge in [-0.2, -0.15) is 0 Å². The lowest BCUT2D eigenvalue weighted by atomic mass is 10.1. The zero-order valence-corrected chi connectivity index (χ0v) is 13.8. The van der Waals surface area contributed by atoms with Gasteiger partial charge in [-0.1, -0.05) is 12.2 Å². The minimum Gasteiger partial charge on any atom is -0.462 e. The summed E-state index contributed by atoms with van der Waals surface area (Å²) >= 11 is 0. The Labute approximate surface area is 132 Å². The van der Waals surface area contributed by atoms with Crippen LogP contribution in [0.25, 0.3) is 0 Å². The summed E-state index contributed by atoms with van der Waals surface area (Å²) in [4.78, 5) is 25.6. The van der Waals surface area contributed by atoms with Crippen LogP contribution in [0.3, 0.4) is 0 Å². The molecule has 1 fully saturated rings. The monoisotopic (exact) mass is 309 g/mol. The van der Waals surface area contributed by atoms with Gasteiger partial charge in [-0.25, -0.2) is 4.79 Å².